The van der Waals surface area contributed by atoms with Crippen molar-refractivity contribution in [3.8, 4) is 0 Å². The molecule has 6 heteroatoms. The fraction of sp³-hybridized carbons (Fsp3) is 0.0588. The number of allylic oxidation sites excluding steroid dienone is 1. The van der Waals surface area contributed by atoms with Gasteiger partial charge in [-0.15, -0.1) is 0 Å². The molecular weight excluding hydrogens is 329 g/mol. The highest BCUT2D eigenvalue weighted by atomic mass is 35.5. The van der Waals surface area contributed by atoms with E-state index in [1.807, 2.05) is 0 Å². The second kappa shape index (κ2) is 6.38. The van der Waals surface area contributed by atoms with Crippen molar-refractivity contribution in [1.29, 1.82) is 0 Å². The molecule has 0 aliphatic carbocycles. The molecule has 0 spiro atoms. The number of carbonyl (C=O) groups is 2. The zero-order valence-electron chi connectivity index (χ0n) is 11.7. The molecule has 0 fully saturated rings. The molecule has 2 nitrogen and oxygen atoms in total. The Morgan fingerprint density at radius 1 is 0.957 bits per heavy atom. The van der Waals surface area contributed by atoms with Gasteiger partial charge in [0.1, 0.15) is 0 Å². The van der Waals surface area contributed by atoms with Crippen LogP contribution in [0, 0.1) is 0 Å². The maximum atomic E-state index is 12.7. The van der Waals surface area contributed by atoms with Crippen molar-refractivity contribution in [3.63, 3.8) is 0 Å². The number of halogens is 4. The van der Waals surface area contributed by atoms with E-state index in [-0.39, 0.29) is 22.3 Å². The highest BCUT2D eigenvalue weighted by Gasteiger charge is 2.31. The summed E-state index contributed by atoms with van der Waals surface area (Å²) in [6, 6.07) is 10.0. The Hall–Kier alpha value is -2.40. The van der Waals surface area contributed by atoms with Crippen molar-refractivity contribution in [2.24, 2.45) is 0 Å². The van der Waals surface area contributed by atoms with Crippen LogP contribution >= 0.6 is 11.6 Å². The first-order valence-corrected chi connectivity index (χ1v) is 6.79. The number of hydrogen-bond acceptors (Lipinski definition) is 2. The van der Waals surface area contributed by atoms with Crippen LogP contribution in [0.3, 0.4) is 0 Å². The highest BCUT2D eigenvalue weighted by Crippen LogP contribution is 2.31. The van der Waals surface area contributed by atoms with E-state index in [2.05, 4.69) is 6.58 Å². The van der Waals surface area contributed by atoms with Crippen LogP contribution in [-0.2, 0) is 6.18 Å². The summed E-state index contributed by atoms with van der Waals surface area (Å²) in [5.74, 6) is -0.707. The first kappa shape index (κ1) is 17.0. The molecular formula is C17H10ClF3O2. The summed E-state index contributed by atoms with van der Waals surface area (Å²) in [7, 11) is 0. The van der Waals surface area contributed by atoms with Crippen LogP contribution in [-0.4, -0.2) is 11.0 Å². The summed E-state index contributed by atoms with van der Waals surface area (Å²) < 4.78 is 38.2. The van der Waals surface area contributed by atoms with Crippen molar-refractivity contribution < 1.29 is 22.8 Å². The first-order chi connectivity index (χ1) is 10.7. The number of benzene rings is 2. The van der Waals surface area contributed by atoms with E-state index in [1.165, 1.54) is 18.2 Å². The molecule has 0 heterocycles. The lowest BCUT2D eigenvalue weighted by Gasteiger charge is -2.11. The van der Waals surface area contributed by atoms with Gasteiger partial charge in [0, 0.05) is 16.7 Å². The third kappa shape index (κ3) is 3.68. The standard InChI is InChI=1S/C17H10ClF3O2/c1-10(13-7-2-3-8-14(13)16(18)23)15(22)11-5-4-6-12(9-11)17(19,20)21/h2-9H,1H2. The largest absolute Gasteiger partial charge is 0.416 e. The van der Waals surface area contributed by atoms with E-state index in [4.69, 9.17) is 11.6 Å². The lowest BCUT2D eigenvalue weighted by Crippen LogP contribution is -2.09. The van der Waals surface area contributed by atoms with Gasteiger partial charge in [-0.2, -0.15) is 13.2 Å². The first-order valence-electron chi connectivity index (χ1n) is 6.42. The molecule has 0 saturated carbocycles. The SMILES string of the molecule is C=C(C(=O)c1cccc(C(F)(F)F)c1)c1ccccc1C(=O)Cl. The topological polar surface area (TPSA) is 34.1 Å². The fourth-order valence-corrected chi connectivity index (χ4v) is 2.22. The minimum Gasteiger partial charge on any atom is -0.289 e. The van der Waals surface area contributed by atoms with Gasteiger partial charge in [-0.25, -0.2) is 0 Å². The average Bonchev–Trinajstić information content (AvgIpc) is 2.52. The molecule has 0 amide bonds. The Bertz CT molecular complexity index is 794. The van der Waals surface area contributed by atoms with Gasteiger partial charge in [-0.3, -0.25) is 9.59 Å². The lowest BCUT2D eigenvalue weighted by atomic mass is 9.94. The van der Waals surface area contributed by atoms with Crippen LogP contribution < -0.4 is 0 Å². The lowest BCUT2D eigenvalue weighted by molar-refractivity contribution is -0.137. The zero-order chi connectivity index (χ0) is 17.2. The minimum absolute atomic E-state index is 0.0690. The number of Topliss-reactive ketones (excluding diaryl/α,β-unsaturated/α-hetero) is 1. The van der Waals surface area contributed by atoms with E-state index >= 15 is 0 Å². The van der Waals surface area contributed by atoms with Gasteiger partial charge in [0.2, 0.25) is 0 Å². The van der Waals surface area contributed by atoms with Crippen LogP contribution in [0.4, 0.5) is 13.2 Å². The monoisotopic (exact) mass is 338 g/mol. The second-order valence-corrected chi connectivity index (χ2v) is 5.05. The number of rotatable bonds is 4. The number of hydrogen-bond donors (Lipinski definition) is 0. The van der Waals surface area contributed by atoms with E-state index in [1.54, 1.807) is 12.1 Å². The van der Waals surface area contributed by atoms with E-state index < -0.39 is 22.8 Å². The molecule has 2 aromatic rings. The third-order valence-corrected chi connectivity index (χ3v) is 3.39. The summed E-state index contributed by atoms with van der Waals surface area (Å²) in [4.78, 5) is 23.8. The van der Waals surface area contributed by atoms with E-state index in [0.29, 0.717) is 0 Å². The molecule has 2 rings (SSSR count). The van der Waals surface area contributed by atoms with Crippen molar-refractivity contribution in [2.75, 3.05) is 0 Å². The highest BCUT2D eigenvalue weighted by molar-refractivity contribution is 6.68. The Kier molecular flexibility index (Phi) is 4.71. The van der Waals surface area contributed by atoms with Gasteiger partial charge in [-0.05, 0) is 35.4 Å². The molecule has 118 valence electrons. The fourth-order valence-electron chi connectivity index (χ4n) is 2.05. The van der Waals surface area contributed by atoms with Crippen molar-refractivity contribution >= 4 is 28.2 Å². The Balaban J connectivity index is 2.42. The smallest absolute Gasteiger partial charge is 0.289 e. The van der Waals surface area contributed by atoms with Gasteiger partial charge in [0.05, 0.1) is 5.56 Å². The number of alkyl halides is 3. The van der Waals surface area contributed by atoms with Crippen LogP contribution in [0.15, 0.2) is 55.1 Å². The number of ketones is 1. The molecule has 0 bridgehead atoms. The summed E-state index contributed by atoms with van der Waals surface area (Å²) in [5.41, 5.74) is -0.942. The van der Waals surface area contributed by atoms with Crippen molar-refractivity contribution in [3.05, 3.63) is 77.4 Å². The van der Waals surface area contributed by atoms with Gasteiger partial charge in [-0.1, -0.05) is 36.9 Å². The van der Waals surface area contributed by atoms with Crippen LogP contribution in [0.2, 0.25) is 0 Å². The Morgan fingerprint density at radius 3 is 2.13 bits per heavy atom. The molecule has 23 heavy (non-hydrogen) atoms. The van der Waals surface area contributed by atoms with Crippen LogP contribution in [0.25, 0.3) is 5.57 Å². The summed E-state index contributed by atoms with van der Waals surface area (Å²) in [6.07, 6.45) is -4.55. The van der Waals surface area contributed by atoms with E-state index in [9.17, 15) is 22.8 Å². The molecule has 0 unspecified atom stereocenters. The van der Waals surface area contributed by atoms with Gasteiger partial charge in [0.25, 0.3) is 5.24 Å². The molecule has 0 aromatic heterocycles. The van der Waals surface area contributed by atoms with Gasteiger partial charge >= 0.3 is 6.18 Å². The second-order valence-electron chi connectivity index (χ2n) is 4.71. The summed E-state index contributed by atoms with van der Waals surface area (Å²) >= 11 is 5.45. The maximum absolute atomic E-state index is 12.7. The summed E-state index contributed by atoms with van der Waals surface area (Å²) in [5, 5.41) is -0.779. The van der Waals surface area contributed by atoms with Gasteiger partial charge < -0.3 is 0 Å². The molecule has 2 aromatic carbocycles. The summed E-state index contributed by atoms with van der Waals surface area (Å²) in [6.45, 7) is 3.59. The number of carbonyl (C=O) groups excluding carboxylic acids is 2. The molecule has 0 aliphatic heterocycles. The zero-order valence-corrected chi connectivity index (χ0v) is 12.4. The third-order valence-electron chi connectivity index (χ3n) is 3.19. The predicted octanol–water partition coefficient (Wildman–Crippen LogP) is 4.98. The molecule has 0 radical (unpaired) electrons. The minimum atomic E-state index is -4.55. The molecule has 0 N–H and O–H groups in total. The molecule has 0 aliphatic rings. The maximum Gasteiger partial charge on any atom is 0.416 e. The van der Waals surface area contributed by atoms with Crippen LogP contribution in [0.1, 0.15) is 31.8 Å². The quantitative estimate of drug-likeness (QED) is 0.447. The predicted molar refractivity (Wildman–Crippen MR) is 81.4 cm³/mol. The Morgan fingerprint density at radius 2 is 1.57 bits per heavy atom. The van der Waals surface area contributed by atoms with Crippen molar-refractivity contribution in [1.82, 2.24) is 0 Å². The van der Waals surface area contributed by atoms with Crippen molar-refractivity contribution in [2.45, 2.75) is 6.18 Å². The van der Waals surface area contributed by atoms with Crippen LogP contribution in [0.5, 0.6) is 0 Å². The van der Waals surface area contributed by atoms with Gasteiger partial charge in [0.15, 0.2) is 5.78 Å². The normalized spacial score (nSPS) is 11.1. The molecule has 0 saturated heterocycles. The molecule has 0 atom stereocenters. The van der Waals surface area contributed by atoms with E-state index in [0.717, 1.165) is 18.2 Å². The Labute approximate surface area is 135 Å². The average molecular weight is 339 g/mol.